The quantitative estimate of drug-likeness (QED) is 0.689. The van der Waals surface area contributed by atoms with Crippen molar-refractivity contribution in [1.29, 1.82) is 0 Å². The van der Waals surface area contributed by atoms with Gasteiger partial charge in [0.05, 0.1) is 5.60 Å². The van der Waals surface area contributed by atoms with E-state index in [1.807, 2.05) is 0 Å². The minimum absolute atomic E-state index is 0.339. The first-order chi connectivity index (χ1) is 6.12. The van der Waals surface area contributed by atoms with Crippen LogP contribution in [0.25, 0.3) is 0 Å². The summed E-state index contributed by atoms with van der Waals surface area (Å²) in [5, 5.41) is 10.1. The van der Waals surface area contributed by atoms with Gasteiger partial charge in [-0.2, -0.15) is 0 Å². The van der Waals surface area contributed by atoms with Crippen molar-refractivity contribution in [1.82, 2.24) is 0 Å². The summed E-state index contributed by atoms with van der Waals surface area (Å²) >= 11 is 0. The summed E-state index contributed by atoms with van der Waals surface area (Å²) < 4.78 is 5.06. The van der Waals surface area contributed by atoms with Gasteiger partial charge in [-0.05, 0) is 31.1 Å². The maximum Gasteiger partial charge on any atom is 0.0684 e. The van der Waals surface area contributed by atoms with Crippen LogP contribution in [-0.2, 0) is 4.74 Å². The average molecular weight is 186 g/mol. The molecule has 0 heterocycles. The fraction of sp³-hybridized carbons (Fsp3) is 1.00. The average Bonchev–Trinajstić information content (AvgIpc) is 2.62. The van der Waals surface area contributed by atoms with E-state index in [0.29, 0.717) is 11.8 Å². The lowest BCUT2D eigenvalue weighted by molar-refractivity contribution is 0.0733. The van der Waals surface area contributed by atoms with Crippen molar-refractivity contribution in [2.24, 2.45) is 11.8 Å². The predicted octanol–water partition coefficient (Wildman–Crippen LogP) is 2.21. The molecule has 3 unspecified atom stereocenters. The van der Waals surface area contributed by atoms with Gasteiger partial charge in [-0.1, -0.05) is 20.3 Å². The van der Waals surface area contributed by atoms with Crippen LogP contribution in [0.2, 0.25) is 0 Å². The minimum atomic E-state index is -0.339. The van der Waals surface area contributed by atoms with E-state index in [4.69, 9.17) is 4.74 Å². The van der Waals surface area contributed by atoms with Crippen molar-refractivity contribution in [3.63, 3.8) is 0 Å². The van der Waals surface area contributed by atoms with Crippen molar-refractivity contribution in [3.05, 3.63) is 0 Å². The molecule has 1 rings (SSSR count). The molecule has 0 aromatic heterocycles. The minimum Gasteiger partial charge on any atom is -0.390 e. The van der Waals surface area contributed by atoms with E-state index in [1.165, 1.54) is 12.8 Å². The Bertz CT molecular complexity index is 158. The summed E-state index contributed by atoms with van der Waals surface area (Å²) in [6.45, 7) is 5.08. The molecule has 2 nitrogen and oxygen atoms in total. The maximum absolute atomic E-state index is 10.1. The Kier molecular flexibility index (Phi) is 3.74. The van der Waals surface area contributed by atoms with Crippen LogP contribution in [-0.4, -0.2) is 24.4 Å². The molecule has 0 aromatic rings. The maximum atomic E-state index is 10.1. The van der Waals surface area contributed by atoms with Crippen molar-refractivity contribution >= 4 is 0 Å². The monoisotopic (exact) mass is 186 g/mol. The van der Waals surface area contributed by atoms with E-state index in [9.17, 15) is 5.11 Å². The second kappa shape index (κ2) is 4.43. The van der Waals surface area contributed by atoms with Crippen LogP contribution >= 0.6 is 0 Å². The fourth-order valence-electron chi connectivity index (χ4n) is 2.28. The van der Waals surface area contributed by atoms with Gasteiger partial charge in [0.2, 0.25) is 0 Å². The summed E-state index contributed by atoms with van der Waals surface area (Å²) in [5.41, 5.74) is -0.339. The third-order valence-corrected chi connectivity index (χ3v) is 2.99. The van der Waals surface area contributed by atoms with Gasteiger partial charge in [0.1, 0.15) is 0 Å². The summed E-state index contributed by atoms with van der Waals surface area (Å²) in [7, 11) is 1.72. The first-order valence-corrected chi connectivity index (χ1v) is 5.33. The molecular weight excluding hydrogens is 164 g/mol. The van der Waals surface area contributed by atoms with E-state index < -0.39 is 0 Å². The number of hydrogen-bond donors (Lipinski definition) is 1. The molecule has 1 saturated carbocycles. The first kappa shape index (κ1) is 11.0. The summed E-state index contributed by atoms with van der Waals surface area (Å²) in [6.07, 6.45) is 4.28. The van der Waals surface area contributed by atoms with Gasteiger partial charge in [0.25, 0.3) is 0 Å². The van der Waals surface area contributed by atoms with Gasteiger partial charge in [0.15, 0.2) is 0 Å². The van der Waals surface area contributed by atoms with Crippen LogP contribution in [0.4, 0.5) is 0 Å². The second-order valence-corrected chi connectivity index (χ2v) is 4.56. The summed E-state index contributed by atoms with van der Waals surface area (Å²) in [6, 6.07) is 0. The van der Waals surface area contributed by atoms with Crippen LogP contribution in [0.3, 0.4) is 0 Å². The molecule has 0 aliphatic heterocycles. The smallest absolute Gasteiger partial charge is 0.0684 e. The predicted molar refractivity (Wildman–Crippen MR) is 53.6 cm³/mol. The topological polar surface area (TPSA) is 29.5 Å². The van der Waals surface area contributed by atoms with Crippen LogP contribution < -0.4 is 0 Å². The Morgan fingerprint density at radius 2 is 2.31 bits per heavy atom. The summed E-state index contributed by atoms with van der Waals surface area (Å²) in [5.74, 6) is 1.05. The lowest BCUT2D eigenvalue weighted by Gasteiger charge is -2.15. The molecule has 78 valence electrons. The Labute approximate surface area is 81.3 Å². The molecule has 0 aromatic carbocycles. The van der Waals surface area contributed by atoms with Crippen LogP contribution in [0.1, 0.15) is 39.5 Å². The highest BCUT2D eigenvalue weighted by Crippen LogP contribution is 2.50. The standard InChI is InChI=1S/C11H22O2/c1-4-5-10-7-11(10,12)6-9(2)8-13-3/h9-10,12H,4-8H2,1-3H3. The van der Waals surface area contributed by atoms with Crippen LogP contribution in [0.5, 0.6) is 0 Å². The fourth-order valence-corrected chi connectivity index (χ4v) is 2.28. The SMILES string of the molecule is CCCC1CC1(O)CC(C)COC. The van der Waals surface area contributed by atoms with Gasteiger partial charge in [-0.3, -0.25) is 0 Å². The normalized spacial score (nSPS) is 34.6. The molecule has 1 aliphatic carbocycles. The molecular formula is C11H22O2. The first-order valence-electron chi connectivity index (χ1n) is 5.33. The van der Waals surface area contributed by atoms with Crippen molar-refractivity contribution < 1.29 is 9.84 Å². The third kappa shape index (κ3) is 2.96. The molecule has 0 radical (unpaired) electrons. The molecule has 13 heavy (non-hydrogen) atoms. The lowest BCUT2D eigenvalue weighted by atomic mass is 10.0. The van der Waals surface area contributed by atoms with E-state index in [2.05, 4.69) is 13.8 Å². The van der Waals surface area contributed by atoms with Gasteiger partial charge >= 0.3 is 0 Å². The second-order valence-electron chi connectivity index (χ2n) is 4.56. The Morgan fingerprint density at radius 3 is 2.85 bits per heavy atom. The van der Waals surface area contributed by atoms with Crippen LogP contribution in [0, 0.1) is 11.8 Å². The van der Waals surface area contributed by atoms with E-state index in [1.54, 1.807) is 7.11 Å². The molecule has 0 bridgehead atoms. The molecule has 0 saturated heterocycles. The molecule has 1 aliphatic rings. The highest BCUT2D eigenvalue weighted by molar-refractivity contribution is 5.03. The molecule has 3 atom stereocenters. The summed E-state index contributed by atoms with van der Waals surface area (Å²) in [4.78, 5) is 0. The highest BCUT2D eigenvalue weighted by Gasteiger charge is 2.51. The Morgan fingerprint density at radius 1 is 1.62 bits per heavy atom. The Balaban J connectivity index is 2.22. The molecule has 0 amide bonds. The van der Waals surface area contributed by atoms with Crippen molar-refractivity contribution in [2.45, 2.75) is 45.1 Å². The zero-order valence-corrected chi connectivity index (χ0v) is 9.05. The number of ether oxygens (including phenoxy) is 1. The number of hydrogen-bond acceptors (Lipinski definition) is 2. The lowest BCUT2D eigenvalue weighted by Crippen LogP contribution is -2.18. The third-order valence-electron chi connectivity index (χ3n) is 2.99. The van der Waals surface area contributed by atoms with E-state index in [0.717, 1.165) is 19.4 Å². The van der Waals surface area contributed by atoms with E-state index in [-0.39, 0.29) is 5.60 Å². The molecule has 0 spiro atoms. The zero-order chi connectivity index (χ0) is 9.90. The van der Waals surface area contributed by atoms with Gasteiger partial charge in [-0.25, -0.2) is 0 Å². The van der Waals surface area contributed by atoms with Gasteiger partial charge in [0, 0.05) is 13.7 Å². The number of methoxy groups -OCH3 is 1. The number of aliphatic hydroxyl groups is 1. The Hall–Kier alpha value is -0.0800. The van der Waals surface area contributed by atoms with Gasteiger partial charge in [-0.15, -0.1) is 0 Å². The van der Waals surface area contributed by atoms with Crippen LogP contribution in [0.15, 0.2) is 0 Å². The molecule has 2 heteroatoms. The highest BCUT2D eigenvalue weighted by atomic mass is 16.5. The zero-order valence-electron chi connectivity index (χ0n) is 9.05. The van der Waals surface area contributed by atoms with Crippen molar-refractivity contribution in [2.75, 3.05) is 13.7 Å². The number of rotatable bonds is 6. The largest absolute Gasteiger partial charge is 0.390 e. The molecule has 1 fully saturated rings. The van der Waals surface area contributed by atoms with E-state index >= 15 is 0 Å². The van der Waals surface area contributed by atoms with Crippen molar-refractivity contribution in [3.8, 4) is 0 Å². The van der Waals surface area contributed by atoms with Gasteiger partial charge < -0.3 is 9.84 Å². The molecule has 1 N–H and O–H groups in total.